The number of hydrogen-bond donors (Lipinski definition) is 0. The second kappa shape index (κ2) is 3.89. The molecule has 0 amide bonds. The minimum Gasteiger partial charge on any atom is -0.469 e. The number of rotatable bonds is 3. The zero-order valence-electron chi connectivity index (χ0n) is 8.72. The van der Waals surface area contributed by atoms with E-state index in [1.54, 1.807) is 0 Å². The number of methoxy groups -OCH3 is 1. The van der Waals surface area contributed by atoms with Crippen molar-refractivity contribution in [2.75, 3.05) is 7.11 Å². The Balaban J connectivity index is 2.19. The number of allylic oxidation sites excluding steroid dienone is 1. The minimum absolute atomic E-state index is 0.0325. The van der Waals surface area contributed by atoms with Gasteiger partial charge in [0.05, 0.1) is 13.0 Å². The molecule has 0 bridgehead atoms. The number of hydrogen-bond acceptors (Lipinski definition) is 2. The highest BCUT2D eigenvalue weighted by Crippen LogP contribution is 2.55. The van der Waals surface area contributed by atoms with Crippen LogP contribution in [0.25, 0.3) is 0 Å². The SMILES string of the molecule is C=C[C@@H]1[C@@H](C(=O)OC)[C@@H]1c1ccccc1. The number of ether oxygens (including phenoxy) is 1. The van der Waals surface area contributed by atoms with E-state index in [0.29, 0.717) is 0 Å². The Kier molecular flexibility index (Phi) is 2.58. The van der Waals surface area contributed by atoms with Crippen molar-refractivity contribution < 1.29 is 9.53 Å². The van der Waals surface area contributed by atoms with Gasteiger partial charge in [0.2, 0.25) is 0 Å². The van der Waals surface area contributed by atoms with Gasteiger partial charge in [-0.1, -0.05) is 36.4 Å². The number of esters is 1. The lowest BCUT2D eigenvalue weighted by Gasteiger charge is -1.98. The first-order valence-electron chi connectivity index (χ1n) is 5.05. The van der Waals surface area contributed by atoms with E-state index in [1.165, 1.54) is 12.7 Å². The predicted octanol–water partition coefficient (Wildman–Crippen LogP) is 2.38. The number of carbonyl (C=O) groups excluding carboxylic acids is 1. The zero-order valence-corrected chi connectivity index (χ0v) is 8.72. The van der Waals surface area contributed by atoms with Crippen molar-refractivity contribution in [3.8, 4) is 0 Å². The van der Waals surface area contributed by atoms with Gasteiger partial charge in [-0.2, -0.15) is 0 Å². The van der Waals surface area contributed by atoms with Crippen molar-refractivity contribution in [3.05, 3.63) is 48.6 Å². The van der Waals surface area contributed by atoms with E-state index in [0.717, 1.165) is 0 Å². The summed E-state index contributed by atoms with van der Waals surface area (Å²) in [6, 6.07) is 10.0. The second-order valence-electron chi connectivity index (χ2n) is 3.80. The highest BCUT2D eigenvalue weighted by Gasteiger charge is 2.54. The normalized spacial score (nSPS) is 28.2. The van der Waals surface area contributed by atoms with Crippen LogP contribution in [-0.2, 0) is 9.53 Å². The molecule has 1 aliphatic rings. The summed E-state index contributed by atoms with van der Waals surface area (Å²) in [6.45, 7) is 3.76. The molecule has 2 nitrogen and oxygen atoms in total. The molecular formula is C13H14O2. The molecule has 0 radical (unpaired) electrons. The van der Waals surface area contributed by atoms with Crippen molar-refractivity contribution >= 4 is 5.97 Å². The summed E-state index contributed by atoms with van der Waals surface area (Å²) in [5, 5.41) is 0. The van der Waals surface area contributed by atoms with Gasteiger partial charge < -0.3 is 4.74 Å². The van der Waals surface area contributed by atoms with Crippen molar-refractivity contribution in [3.63, 3.8) is 0 Å². The Labute approximate surface area is 89.6 Å². The van der Waals surface area contributed by atoms with E-state index >= 15 is 0 Å². The topological polar surface area (TPSA) is 26.3 Å². The summed E-state index contributed by atoms with van der Waals surface area (Å²) in [4.78, 5) is 11.5. The third-order valence-corrected chi connectivity index (χ3v) is 3.01. The van der Waals surface area contributed by atoms with E-state index in [4.69, 9.17) is 4.74 Å². The molecule has 0 spiro atoms. The Hall–Kier alpha value is -1.57. The van der Waals surface area contributed by atoms with Crippen LogP contribution in [0.5, 0.6) is 0 Å². The molecular weight excluding hydrogens is 188 g/mol. The van der Waals surface area contributed by atoms with Gasteiger partial charge in [0, 0.05) is 5.92 Å². The first-order valence-corrected chi connectivity index (χ1v) is 5.05. The largest absolute Gasteiger partial charge is 0.469 e. The van der Waals surface area contributed by atoms with E-state index in [9.17, 15) is 4.79 Å². The summed E-state index contributed by atoms with van der Waals surface area (Å²) >= 11 is 0. The molecule has 0 unspecified atom stereocenters. The smallest absolute Gasteiger partial charge is 0.309 e. The molecule has 0 aliphatic heterocycles. The lowest BCUT2D eigenvalue weighted by molar-refractivity contribution is -0.142. The van der Waals surface area contributed by atoms with Crippen LogP contribution in [0, 0.1) is 11.8 Å². The first kappa shape index (κ1) is 9.97. The van der Waals surface area contributed by atoms with Crippen molar-refractivity contribution in [1.82, 2.24) is 0 Å². The lowest BCUT2D eigenvalue weighted by atomic mass is 10.1. The van der Waals surface area contributed by atoms with Crippen molar-refractivity contribution in [2.24, 2.45) is 11.8 Å². The van der Waals surface area contributed by atoms with Gasteiger partial charge in [0.1, 0.15) is 0 Å². The molecule has 78 valence electrons. The lowest BCUT2D eigenvalue weighted by Crippen LogP contribution is -2.04. The van der Waals surface area contributed by atoms with E-state index < -0.39 is 0 Å². The maximum Gasteiger partial charge on any atom is 0.309 e. The molecule has 0 aromatic heterocycles. The third-order valence-electron chi connectivity index (χ3n) is 3.01. The Bertz CT molecular complexity index is 369. The van der Waals surface area contributed by atoms with Crippen molar-refractivity contribution in [2.45, 2.75) is 5.92 Å². The Morgan fingerprint density at radius 2 is 2.07 bits per heavy atom. The van der Waals surface area contributed by atoms with Crippen LogP contribution in [-0.4, -0.2) is 13.1 Å². The molecule has 1 aromatic rings. The molecule has 0 saturated heterocycles. The predicted molar refractivity (Wildman–Crippen MR) is 58.4 cm³/mol. The van der Waals surface area contributed by atoms with Gasteiger partial charge in [0.15, 0.2) is 0 Å². The van der Waals surface area contributed by atoms with Gasteiger partial charge in [-0.15, -0.1) is 6.58 Å². The Morgan fingerprint density at radius 1 is 1.40 bits per heavy atom. The fourth-order valence-corrected chi connectivity index (χ4v) is 2.17. The van der Waals surface area contributed by atoms with Crippen LogP contribution in [0.4, 0.5) is 0 Å². The Morgan fingerprint density at radius 3 is 2.60 bits per heavy atom. The molecule has 15 heavy (non-hydrogen) atoms. The maximum atomic E-state index is 11.5. The molecule has 2 rings (SSSR count). The van der Waals surface area contributed by atoms with Gasteiger partial charge in [-0.3, -0.25) is 4.79 Å². The van der Waals surface area contributed by atoms with Crippen LogP contribution in [0.2, 0.25) is 0 Å². The number of carbonyl (C=O) groups is 1. The van der Waals surface area contributed by atoms with Gasteiger partial charge >= 0.3 is 5.97 Å². The average molecular weight is 202 g/mol. The quantitative estimate of drug-likeness (QED) is 0.555. The molecule has 1 fully saturated rings. The highest BCUT2D eigenvalue weighted by molar-refractivity contribution is 5.78. The molecule has 1 aliphatic carbocycles. The van der Waals surface area contributed by atoms with E-state index in [-0.39, 0.29) is 23.7 Å². The molecule has 3 atom stereocenters. The second-order valence-corrected chi connectivity index (χ2v) is 3.80. The average Bonchev–Trinajstić information content (AvgIpc) is 3.03. The van der Waals surface area contributed by atoms with E-state index in [2.05, 4.69) is 6.58 Å². The third kappa shape index (κ3) is 1.67. The summed E-state index contributed by atoms with van der Waals surface area (Å²) in [5.41, 5.74) is 1.19. The van der Waals surface area contributed by atoms with Crippen LogP contribution in [0.3, 0.4) is 0 Å². The van der Waals surface area contributed by atoms with Gasteiger partial charge in [-0.25, -0.2) is 0 Å². The summed E-state index contributed by atoms with van der Waals surface area (Å²) < 4.78 is 4.77. The maximum absolute atomic E-state index is 11.5. The van der Waals surface area contributed by atoms with E-state index in [1.807, 2.05) is 36.4 Å². The fourth-order valence-electron chi connectivity index (χ4n) is 2.17. The number of benzene rings is 1. The summed E-state index contributed by atoms with van der Waals surface area (Å²) in [6.07, 6.45) is 1.85. The fraction of sp³-hybridized carbons (Fsp3) is 0.308. The van der Waals surface area contributed by atoms with Gasteiger partial charge in [0.25, 0.3) is 0 Å². The summed E-state index contributed by atoms with van der Waals surface area (Å²) in [7, 11) is 1.43. The van der Waals surface area contributed by atoms with Crippen molar-refractivity contribution in [1.29, 1.82) is 0 Å². The highest BCUT2D eigenvalue weighted by atomic mass is 16.5. The summed E-state index contributed by atoms with van der Waals surface area (Å²) in [5.74, 6) is 0.333. The molecule has 0 heterocycles. The van der Waals surface area contributed by atoms with Crippen LogP contribution >= 0.6 is 0 Å². The molecule has 0 N–H and O–H groups in total. The molecule has 2 heteroatoms. The molecule has 1 saturated carbocycles. The standard InChI is InChI=1S/C13H14O2/c1-3-10-11(12(10)13(14)15-2)9-7-5-4-6-8-9/h3-8,10-12H,1H2,2H3/t10-,11+,12+/m0/s1. The van der Waals surface area contributed by atoms with Gasteiger partial charge in [-0.05, 0) is 11.5 Å². The van der Waals surface area contributed by atoms with Crippen LogP contribution < -0.4 is 0 Å². The minimum atomic E-state index is -0.131. The molecule has 1 aromatic carbocycles. The van der Waals surface area contributed by atoms with Crippen LogP contribution in [0.1, 0.15) is 11.5 Å². The monoisotopic (exact) mass is 202 g/mol. The first-order chi connectivity index (χ1) is 7.29. The van der Waals surface area contributed by atoms with Crippen LogP contribution in [0.15, 0.2) is 43.0 Å². The zero-order chi connectivity index (χ0) is 10.8.